The van der Waals surface area contributed by atoms with Gasteiger partial charge < -0.3 is 9.52 Å². The highest BCUT2D eigenvalue weighted by molar-refractivity contribution is 5.74. The second-order valence-electron chi connectivity index (χ2n) is 5.57. The van der Waals surface area contributed by atoms with Crippen molar-refractivity contribution in [3.05, 3.63) is 24.2 Å². The van der Waals surface area contributed by atoms with Gasteiger partial charge in [-0.1, -0.05) is 0 Å². The number of hydrogen-bond donors (Lipinski definition) is 1. The lowest BCUT2D eigenvalue weighted by molar-refractivity contribution is -0.151. The largest absolute Gasteiger partial charge is 0.481 e. The minimum atomic E-state index is -0.683. The molecule has 1 N–H and O–H groups in total. The van der Waals surface area contributed by atoms with Gasteiger partial charge in [-0.3, -0.25) is 9.69 Å². The van der Waals surface area contributed by atoms with E-state index in [1.165, 1.54) is 0 Å². The zero-order valence-corrected chi connectivity index (χ0v) is 11.1. The summed E-state index contributed by atoms with van der Waals surface area (Å²) in [6.45, 7) is 5.59. The molecular formula is C14H21NO3. The number of furan rings is 1. The van der Waals surface area contributed by atoms with Gasteiger partial charge in [-0.05, 0) is 45.4 Å². The van der Waals surface area contributed by atoms with E-state index in [1.807, 2.05) is 19.1 Å². The van der Waals surface area contributed by atoms with Crippen LogP contribution in [0, 0.1) is 5.41 Å². The summed E-state index contributed by atoms with van der Waals surface area (Å²) in [5.74, 6) is 0.280. The lowest BCUT2D eigenvalue weighted by Crippen LogP contribution is -2.49. The molecule has 2 rings (SSSR count). The summed E-state index contributed by atoms with van der Waals surface area (Å²) in [4.78, 5) is 13.6. The first-order chi connectivity index (χ1) is 8.51. The molecule has 0 amide bonds. The van der Waals surface area contributed by atoms with Crippen LogP contribution < -0.4 is 0 Å². The van der Waals surface area contributed by atoms with Crippen LogP contribution >= 0.6 is 0 Å². The third-order valence-corrected chi connectivity index (χ3v) is 3.94. The molecule has 4 heteroatoms. The number of aliphatic carboxylic acids is 1. The van der Waals surface area contributed by atoms with E-state index >= 15 is 0 Å². The van der Waals surface area contributed by atoms with E-state index in [0.717, 1.165) is 31.6 Å². The molecule has 1 aliphatic rings. The summed E-state index contributed by atoms with van der Waals surface area (Å²) in [7, 11) is 0. The highest BCUT2D eigenvalue weighted by Gasteiger charge is 2.39. The number of likely N-dealkylation sites (tertiary alicyclic amines) is 1. The maximum absolute atomic E-state index is 11.3. The van der Waals surface area contributed by atoms with Gasteiger partial charge in [0.25, 0.3) is 0 Å². The van der Waals surface area contributed by atoms with Crippen molar-refractivity contribution in [1.29, 1.82) is 0 Å². The number of rotatable bonds is 4. The highest BCUT2D eigenvalue weighted by atomic mass is 16.4. The molecule has 0 aliphatic carbocycles. The molecule has 0 saturated carbocycles. The zero-order chi connectivity index (χ0) is 13.2. The average Bonchev–Trinajstić information content (AvgIpc) is 2.81. The smallest absolute Gasteiger partial charge is 0.310 e. The molecule has 18 heavy (non-hydrogen) atoms. The molecule has 1 saturated heterocycles. The van der Waals surface area contributed by atoms with Crippen molar-refractivity contribution < 1.29 is 14.3 Å². The molecule has 2 atom stereocenters. The third-order valence-electron chi connectivity index (χ3n) is 3.94. The molecule has 0 radical (unpaired) electrons. The van der Waals surface area contributed by atoms with E-state index in [4.69, 9.17) is 4.42 Å². The highest BCUT2D eigenvalue weighted by Crippen LogP contribution is 2.31. The number of carbonyl (C=O) groups is 1. The Labute approximate surface area is 108 Å². The molecule has 0 aromatic carbocycles. The lowest BCUT2D eigenvalue weighted by Gasteiger charge is -2.40. The number of carboxylic acids is 1. The Balaban J connectivity index is 1.98. The van der Waals surface area contributed by atoms with Gasteiger partial charge in [0.1, 0.15) is 5.76 Å². The molecule has 2 heterocycles. The standard InChI is InChI=1S/C14H21NO3/c1-11(9-12-5-3-8-18-12)15-7-4-6-14(2,10-15)13(16)17/h3,5,8,11H,4,6-7,9-10H2,1-2H3,(H,16,17). The summed E-state index contributed by atoms with van der Waals surface area (Å²) in [5.41, 5.74) is -0.602. The van der Waals surface area contributed by atoms with E-state index in [-0.39, 0.29) is 0 Å². The van der Waals surface area contributed by atoms with Crippen molar-refractivity contribution in [3.8, 4) is 0 Å². The predicted molar refractivity (Wildman–Crippen MR) is 68.4 cm³/mol. The minimum absolute atomic E-state index is 0.315. The average molecular weight is 251 g/mol. The Morgan fingerprint density at radius 1 is 1.67 bits per heavy atom. The van der Waals surface area contributed by atoms with Gasteiger partial charge in [-0.2, -0.15) is 0 Å². The van der Waals surface area contributed by atoms with Gasteiger partial charge in [0, 0.05) is 19.0 Å². The van der Waals surface area contributed by atoms with Gasteiger partial charge in [-0.15, -0.1) is 0 Å². The first-order valence-electron chi connectivity index (χ1n) is 6.51. The van der Waals surface area contributed by atoms with Crippen LogP contribution in [-0.4, -0.2) is 35.1 Å². The maximum Gasteiger partial charge on any atom is 0.310 e. The van der Waals surface area contributed by atoms with Gasteiger partial charge in [0.15, 0.2) is 0 Å². The van der Waals surface area contributed by atoms with Gasteiger partial charge in [0.2, 0.25) is 0 Å². The zero-order valence-electron chi connectivity index (χ0n) is 11.1. The first kappa shape index (κ1) is 13.1. The fraction of sp³-hybridized carbons (Fsp3) is 0.643. The second-order valence-corrected chi connectivity index (χ2v) is 5.57. The van der Waals surface area contributed by atoms with Crippen molar-refractivity contribution in [2.45, 2.75) is 39.2 Å². The van der Waals surface area contributed by atoms with Gasteiger partial charge in [0.05, 0.1) is 11.7 Å². The molecular weight excluding hydrogens is 230 g/mol. The number of piperidine rings is 1. The Bertz CT molecular complexity index is 401. The van der Waals surface area contributed by atoms with Crippen LogP contribution in [-0.2, 0) is 11.2 Å². The molecule has 1 aromatic rings. The quantitative estimate of drug-likeness (QED) is 0.892. The van der Waals surface area contributed by atoms with Crippen LogP contribution in [0.4, 0.5) is 0 Å². The van der Waals surface area contributed by atoms with E-state index in [1.54, 1.807) is 6.26 Å². The van der Waals surface area contributed by atoms with E-state index in [2.05, 4.69) is 11.8 Å². The molecule has 2 unspecified atom stereocenters. The Morgan fingerprint density at radius 3 is 3.06 bits per heavy atom. The van der Waals surface area contributed by atoms with Crippen LogP contribution in [0.1, 0.15) is 32.4 Å². The molecule has 0 spiro atoms. The van der Waals surface area contributed by atoms with Crippen LogP contribution in [0.15, 0.2) is 22.8 Å². The summed E-state index contributed by atoms with van der Waals surface area (Å²) in [6.07, 6.45) is 4.24. The fourth-order valence-electron chi connectivity index (χ4n) is 2.68. The summed E-state index contributed by atoms with van der Waals surface area (Å²) < 4.78 is 5.35. The number of nitrogens with zero attached hydrogens (tertiary/aromatic N) is 1. The van der Waals surface area contributed by atoms with E-state index in [9.17, 15) is 9.90 Å². The summed E-state index contributed by atoms with van der Waals surface area (Å²) in [5, 5.41) is 9.31. The Kier molecular flexibility index (Phi) is 3.76. The summed E-state index contributed by atoms with van der Waals surface area (Å²) >= 11 is 0. The maximum atomic E-state index is 11.3. The fourth-order valence-corrected chi connectivity index (χ4v) is 2.68. The summed E-state index contributed by atoms with van der Waals surface area (Å²) in [6, 6.07) is 4.17. The van der Waals surface area contributed by atoms with E-state index in [0.29, 0.717) is 12.6 Å². The van der Waals surface area contributed by atoms with Crippen molar-refractivity contribution in [1.82, 2.24) is 4.90 Å². The van der Waals surface area contributed by atoms with Crippen LogP contribution in [0.5, 0.6) is 0 Å². The molecule has 1 aromatic heterocycles. The lowest BCUT2D eigenvalue weighted by atomic mass is 9.81. The normalized spacial score (nSPS) is 27.0. The van der Waals surface area contributed by atoms with Gasteiger partial charge >= 0.3 is 5.97 Å². The Hall–Kier alpha value is -1.29. The monoisotopic (exact) mass is 251 g/mol. The molecule has 0 bridgehead atoms. The minimum Gasteiger partial charge on any atom is -0.481 e. The van der Waals surface area contributed by atoms with Crippen molar-refractivity contribution in [3.63, 3.8) is 0 Å². The Morgan fingerprint density at radius 2 is 2.44 bits per heavy atom. The molecule has 100 valence electrons. The SMILES string of the molecule is CC(Cc1ccco1)N1CCCC(C)(C(=O)O)C1. The van der Waals surface area contributed by atoms with Crippen molar-refractivity contribution in [2.75, 3.05) is 13.1 Å². The number of carboxylic acid groups (broad SMARTS) is 1. The van der Waals surface area contributed by atoms with Crippen LogP contribution in [0.2, 0.25) is 0 Å². The van der Waals surface area contributed by atoms with Crippen LogP contribution in [0.3, 0.4) is 0 Å². The topological polar surface area (TPSA) is 53.7 Å². The molecule has 4 nitrogen and oxygen atoms in total. The van der Waals surface area contributed by atoms with Gasteiger partial charge in [-0.25, -0.2) is 0 Å². The number of hydrogen-bond acceptors (Lipinski definition) is 3. The first-order valence-corrected chi connectivity index (χ1v) is 6.51. The van der Waals surface area contributed by atoms with E-state index < -0.39 is 11.4 Å². The predicted octanol–water partition coefficient (Wildman–Crippen LogP) is 2.40. The molecule has 1 fully saturated rings. The molecule has 1 aliphatic heterocycles. The third kappa shape index (κ3) is 2.75. The van der Waals surface area contributed by atoms with Crippen LogP contribution in [0.25, 0.3) is 0 Å². The van der Waals surface area contributed by atoms with Crippen molar-refractivity contribution >= 4 is 5.97 Å². The second kappa shape index (κ2) is 5.14. The van der Waals surface area contributed by atoms with Crippen molar-refractivity contribution in [2.24, 2.45) is 5.41 Å².